The van der Waals surface area contributed by atoms with E-state index >= 15 is 4.79 Å². The summed E-state index contributed by atoms with van der Waals surface area (Å²) in [7, 11) is 1.35. The Kier molecular flexibility index (Phi) is 7.69. The highest BCUT2D eigenvalue weighted by molar-refractivity contribution is 6.33. The summed E-state index contributed by atoms with van der Waals surface area (Å²) in [6, 6.07) is 11.3. The second-order valence-corrected chi connectivity index (χ2v) is 13.2. The first kappa shape index (κ1) is 32.9. The first-order valence-electron chi connectivity index (χ1n) is 15.0. The summed E-state index contributed by atoms with van der Waals surface area (Å²) < 4.78 is 45.3. The van der Waals surface area contributed by atoms with Gasteiger partial charge in [-0.2, -0.15) is 23.2 Å². The number of carbonyl (C=O) groups excluding carboxylic acids is 4. The minimum atomic E-state index is -4.76. The lowest BCUT2D eigenvalue weighted by Gasteiger charge is -2.50. The van der Waals surface area contributed by atoms with Crippen molar-refractivity contribution in [3.63, 3.8) is 0 Å². The van der Waals surface area contributed by atoms with Crippen molar-refractivity contribution in [2.24, 2.45) is 23.7 Å². The normalized spacial score (nSPS) is 27.9. The quantitative estimate of drug-likeness (QED) is 0.177. The molecule has 0 radical (unpaired) electrons. The second-order valence-electron chi connectivity index (χ2n) is 12.3. The van der Waals surface area contributed by atoms with Gasteiger partial charge in [0.2, 0.25) is 0 Å². The maximum atomic E-state index is 15.0. The average Bonchev–Trinajstić information content (AvgIpc) is 3.41. The molecule has 3 heterocycles. The van der Waals surface area contributed by atoms with E-state index in [-0.39, 0.29) is 29.4 Å². The zero-order chi connectivity index (χ0) is 35.2. The monoisotopic (exact) mass is 716 g/mol. The Labute approximate surface area is 285 Å². The number of hydrazine groups is 1. The van der Waals surface area contributed by atoms with E-state index in [0.717, 1.165) is 0 Å². The van der Waals surface area contributed by atoms with Crippen molar-refractivity contribution < 1.29 is 47.4 Å². The minimum absolute atomic E-state index is 0.0489. The number of halogens is 5. The smallest absolute Gasteiger partial charge is 0.417 e. The van der Waals surface area contributed by atoms with Gasteiger partial charge in [-0.1, -0.05) is 53.1 Å². The van der Waals surface area contributed by atoms with Crippen molar-refractivity contribution in [1.82, 2.24) is 15.1 Å². The summed E-state index contributed by atoms with van der Waals surface area (Å²) in [6.07, 6.45) is -2.60. The van der Waals surface area contributed by atoms with Crippen LogP contribution in [0.5, 0.6) is 11.5 Å². The van der Waals surface area contributed by atoms with E-state index < -0.39 is 81.2 Å². The maximum Gasteiger partial charge on any atom is 0.417 e. The number of pyridine rings is 1. The number of benzene rings is 2. The molecule has 1 aromatic heterocycles. The molecule has 11 nitrogen and oxygen atoms in total. The maximum absolute atomic E-state index is 15.0. The molecule has 0 bridgehead atoms. The van der Waals surface area contributed by atoms with Crippen LogP contribution in [0.25, 0.3) is 0 Å². The van der Waals surface area contributed by atoms with Crippen molar-refractivity contribution in [3.8, 4) is 11.5 Å². The summed E-state index contributed by atoms with van der Waals surface area (Å²) in [5.41, 5.74) is 0.844. The SMILES string of the molecule is COc1ccc(C2C3=CCC4C(=O)N(O)C(=O)C4C3CC3C(=O)N(Nc4ncc(C(F)(F)F)cc4Cl)C(=O)C32c2ccc(Cl)cc2)cc1O. The predicted molar refractivity (Wildman–Crippen MR) is 165 cm³/mol. The first-order chi connectivity index (χ1) is 23.2. The van der Waals surface area contributed by atoms with Crippen LogP contribution in [0.15, 0.2) is 66.4 Å². The number of nitrogens with one attached hydrogen (secondary N) is 1. The van der Waals surface area contributed by atoms with E-state index in [2.05, 4.69) is 10.4 Å². The highest BCUT2D eigenvalue weighted by Gasteiger charge is 2.70. The van der Waals surface area contributed by atoms with Crippen LogP contribution in [0.4, 0.5) is 19.0 Å². The molecule has 6 atom stereocenters. The van der Waals surface area contributed by atoms with Gasteiger partial charge >= 0.3 is 6.18 Å². The summed E-state index contributed by atoms with van der Waals surface area (Å²) in [5, 5.41) is 21.8. The van der Waals surface area contributed by atoms with E-state index in [0.29, 0.717) is 39.0 Å². The molecule has 1 saturated carbocycles. The van der Waals surface area contributed by atoms with Crippen LogP contribution in [0.3, 0.4) is 0 Å². The van der Waals surface area contributed by atoms with Crippen molar-refractivity contribution in [2.45, 2.75) is 30.4 Å². The number of aromatic hydroxyl groups is 1. The van der Waals surface area contributed by atoms with Gasteiger partial charge in [0.05, 0.1) is 40.9 Å². The molecule has 3 fully saturated rings. The third-order valence-corrected chi connectivity index (χ3v) is 10.6. The fourth-order valence-electron chi connectivity index (χ4n) is 8.03. The zero-order valence-electron chi connectivity index (χ0n) is 25.2. The Morgan fingerprint density at radius 1 is 1.00 bits per heavy atom. The van der Waals surface area contributed by atoms with E-state index in [1.165, 1.54) is 31.4 Å². The van der Waals surface area contributed by atoms with Crippen LogP contribution in [0.2, 0.25) is 10.0 Å². The number of hydrogen-bond acceptors (Lipinski definition) is 9. The van der Waals surface area contributed by atoms with Gasteiger partial charge in [0, 0.05) is 17.1 Å². The Morgan fingerprint density at radius 2 is 1.71 bits per heavy atom. The third-order valence-electron chi connectivity index (χ3n) is 10.1. The minimum Gasteiger partial charge on any atom is -0.504 e. The molecule has 4 amide bonds. The number of rotatable bonds is 5. The summed E-state index contributed by atoms with van der Waals surface area (Å²) in [4.78, 5) is 59.5. The predicted octanol–water partition coefficient (Wildman–Crippen LogP) is 5.50. The fourth-order valence-corrected chi connectivity index (χ4v) is 8.36. The number of phenolic OH excluding ortho intramolecular Hbond substituents is 1. The van der Waals surface area contributed by atoms with Gasteiger partial charge < -0.3 is 9.84 Å². The number of phenols is 1. The molecule has 2 aliphatic heterocycles. The third kappa shape index (κ3) is 4.79. The van der Waals surface area contributed by atoms with Crippen molar-refractivity contribution >= 4 is 52.6 Å². The van der Waals surface area contributed by atoms with Crippen LogP contribution < -0.4 is 10.2 Å². The number of hydroxylamine groups is 2. The van der Waals surface area contributed by atoms with Gasteiger partial charge in [-0.3, -0.25) is 29.8 Å². The van der Waals surface area contributed by atoms with Crippen LogP contribution in [0, 0.1) is 23.7 Å². The van der Waals surface area contributed by atoms with Gasteiger partial charge in [-0.15, -0.1) is 0 Å². The Bertz CT molecular complexity index is 1970. The largest absolute Gasteiger partial charge is 0.504 e. The number of alkyl halides is 3. The number of amides is 4. The van der Waals surface area contributed by atoms with Crippen molar-refractivity contribution in [3.05, 3.63) is 93.1 Å². The number of fused-ring (bicyclic) bond motifs is 4. The highest BCUT2D eigenvalue weighted by Crippen LogP contribution is 2.64. The lowest BCUT2D eigenvalue weighted by atomic mass is 9.49. The molecule has 2 aromatic carbocycles. The van der Waals surface area contributed by atoms with E-state index in [1.807, 2.05) is 0 Å². The molecular weight excluding hydrogens is 692 g/mol. The van der Waals surface area contributed by atoms with Gasteiger partial charge in [0.1, 0.15) is 0 Å². The van der Waals surface area contributed by atoms with Crippen LogP contribution in [0.1, 0.15) is 35.4 Å². The average molecular weight is 717 g/mol. The number of imide groups is 2. The van der Waals surface area contributed by atoms with E-state index in [9.17, 15) is 37.9 Å². The van der Waals surface area contributed by atoms with Crippen molar-refractivity contribution in [2.75, 3.05) is 12.5 Å². The molecule has 4 aliphatic rings. The Morgan fingerprint density at radius 3 is 2.35 bits per heavy atom. The fraction of sp³-hybridized carbons (Fsp3) is 0.303. The highest BCUT2D eigenvalue weighted by atomic mass is 35.5. The standard InChI is InChI=1S/C33H25Cl2F3N4O7/c1-49-24-9-2-14(10-23(24)43)26-18-7-8-19-25(30(46)42(48)28(19)44)20(18)12-21-29(45)41(31(47)32(21,26)15-3-5-17(34)6-4-15)40-27-22(35)11-16(13-39-27)33(36,37)38/h2-7,9-11,13,19-21,25-26,43,48H,8,12H2,1H3,(H,39,40). The summed E-state index contributed by atoms with van der Waals surface area (Å²) in [5.74, 6) is -8.85. The lowest BCUT2D eigenvalue weighted by Crippen LogP contribution is -2.53. The molecule has 49 heavy (non-hydrogen) atoms. The van der Waals surface area contributed by atoms with Gasteiger partial charge in [-0.05, 0) is 60.2 Å². The Balaban J connectivity index is 1.45. The van der Waals surface area contributed by atoms with Crippen LogP contribution in [-0.2, 0) is 30.8 Å². The molecule has 3 N–H and O–H groups in total. The van der Waals surface area contributed by atoms with Crippen LogP contribution in [-0.4, -0.2) is 56.1 Å². The summed E-state index contributed by atoms with van der Waals surface area (Å²) in [6.45, 7) is 0. The van der Waals surface area contributed by atoms with E-state index in [1.54, 1.807) is 24.3 Å². The zero-order valence-corrected chi connectivity index (χ0v) is 26.8. The molecule has 7 rings (SSSR count). The van der Waals surface area contributed by atoms with Crippen LogP contribution >= 0.6 is 23.2 Å². The number of aromatic nitrogens is 1. The Hall–Kier alpha value is -4.66. The number of ether oxygens (including phenoxy) is 1. The molecule has 2 aliphatic carbocycles. The van der Waals surface area contributed by atoms with Gasteiger partial charge in [-0.25, -0.2) is 4.98 Å². The number of hydrogen-bond donors (Lipinski definition) is 3. The number of carbonyl (C=O) groups is 4. The number of nitrogens with zero attached hydrogens (tertiary/aromatic N) is 3. The van der Waals surface area contributed by atoms with Gasteiger partial charge in [0.25, 0.3) is 23.6 Å². The molecule has 0 spiro atoms. The van der Waals surface area contributed by atoms with Gasteiger partial charge in [0.15, 0.2) is 17.3 Å². The van der Waals surface area contributed by atoms with Crippen molar-refractivity contribution in [1.29, 1.82) is 0 Å². The lowest BCUT2D eigenvalue weighted by molar-refractivity contribution is -0.173. The number of allylic oxidation sites excluding steroid dienone is 2. The second kappa shape index (κ2) is 11.5. The molecular formula is C33H25Cl2F3N4O7. The molecule has 254 valence electrons. The molecule has 16 heteroatoms. The molecule has 6 unspecified atom stereocenters. The molecule has 3 aromatic rings. The number of methoxy groups -OCH3 is 1. The van der Waals surface area contributed by atoms with E-state index in [4.69, 9.17) is 27.9 Å². The number of anilines is 1. The topological polar surface area (TPSA) is 149 Å². The molecule has 2 saturated heterocycles. The first-order valence-corrected chi connectivity index (χ1v) is 15.7. The summed E-state index contributed by atoms with van der Waals surface area (Å²) >= 11 is 12.4.